The maximum absolute atomic E-state index is 12.8. The predicted molar refractivity (Wildman–Crippen MR) is 104 cm³/mol. The highest BCUT2D eigenvalue weighted by atomic mass is 35.5. The Kier molecular flexibility index (Phi) is 6.66. The van der Waals surface area contributed by atoms with Crippen LogP contribution >= 0.6 is 11.6 Å². The predicted octanol–water partition coefficient (Wildman–Crippen LogP) is 4.48. The largest absolute Gasteiger partial charge is 0.467 e. The van der Waals surface area contributed by atoms with Crippen LogP contribution in [0.25, 0.3) is 0 Å². The van der Waals surface area contributed by atoms with Gasteiger partial charge in [0, 0.05) is 16.8 Å². The Morgan fingerprint density at radius 2 is 2.10 bits per heavy atom. The maximum atomic E-state index is 12.8. The van der Waals surface area contributed by atoms with Gasteiger partial charge < -0.3 is 14.1 Å². The van der Waals surface area contributed by atoms with Gasteiger partial charge in [-0.05, 0) is 49.9 Å². The lowest BCUT2D eigenvalue weighted by Crippen LogP contribution is -2.34. The van der Waals surface area contributed by atoms with Gasteiger partial charge in [0.1, 0.15) is 11.3 Å². The van der Waals surface area contributed by atoms with Crippen LogP contribution in [-0.4, -0.2) is 28.3 Å². The second-order valence-corrected chi connectivity index (χ2v) is 6.93. The summed E-state index contributed by atoms with van der Waals surface area (Å²) in [6, 6.07) is 7.11. The van der Waals surface area contributed by atoms with Crippen molar-refractivity contribution in [3.8, 4) is 0 Å². The molecule has 0 spiro atoms. The fourth-order valence-corrected chi connectivity index (χ4v) is 3.25. The molecule has 3 rings (SSSR count). The highest BCUT2D eigenvalue weighted by Crippen LogP contribution is 2.25. The number of halogens is 1. The molecule has 29 heavy (non-hydrogen) atoms. The Hall–Kier alpha value is -3.13. The molecule has 0 atom stereocenters. The van der Waals surface area contributed by atoms with Crippen LogP contribution in [0.2, 0.25) is 5.02 Å². The molecule has 152 valence electrons. The number of hydrogen-bond acceptors (Lipinski definition) is 6. The van der Waals surface area contributed by atoms with Crippen molar-refractivity contribution in [2.24, 2.45) is 0 Å². The number of nitro benzene ring substituents is 1. The minimum Gasteiger partial charge on any atom is -0.467 e. The lowest BCUT2D eigenvalue weighted by molar-refractivity contribution is -0.385. The molecule has 1 aliphatic rings. The summed E-state index contributed by atoms with van der Waals surface area (Å²) in [7, 11) is 0. The molecule has 2 aromatic rings. The van der Waals surface area contributed by atoms with E-state index in [9.17, 15) is 19.7 Å². The van der Waals surface area contributed by atoms with E-state index in [1.807, 2.05) is 6.08 Å². The van der Waals surface area contributed by atoms with Gasteiger partial charge in [0.25, 0.3) is 11.6 Å². The first-order chi connectivity index (χ1) is 14.0. The number of allylic oxidation sites excluding steroid dienone is 2. The minimum atomic E-state index is -0.961. The van der Waals surface area contributed by atoms with Crippen molar-refractivity contribution in [3.63, 3.8) is 0 Å². The number of nitro groups is 1. The van der Waals surface area contributed by atoms with Crippen LogP contribution in [0.4, 0.5) is 5.69 Å². The van der Waals surface area contributed by atoms with E-state index in [-0.39, 0.29) is 17.1 Å². The number of esters is 1. The molecular formula is C20H19ClN2O6. The molecule has 0 unspecified atom stereocenters. The first-order valence-electron chi connectivity index (χ1n) is 9.08. The normalized spacial score (nSPS) is 13.5. The molecule has 0 N–H and O–H groups in total. The lowest BCUT2D eigenvalue weighted by Gasteiger charge is -2.26. The van der Waals surface area contributed by atoms with Gasteiger partial charge in [-0.3, -0.25) is 14.9 Å². The summed E-state index contributed by atoms with van der Waals surface area (Å²) in [6.45, 7) is -0.326. The van der Waals surface area contributed by atoms with Crippen molar-refractivity contribution in [1.29, 1.82) is 0 Å². The van der Waals surface area contributed by atoms with Crippen molar-refractivity contribution in [1.82, 2.24) is 4.90 Å². The van der Waals surface area contributed by atoms with Crippen LogP contribution in [0.5, 0.6) is 0 Å². The second-order valence-electron chi connectivity index (χ2n) is 6.50. The molecule has 1 aliphatic carbocycles. The zero-order valence-electron chi connectivity index (χ0n) is 15.5. The van der Waals surface area contributed by atoms with Gasteiger partial charge in [0.15, 0.2) is 6.61 Å². The molecule has 0 aliphatic heterocycles. The molecule has 9 heteroatoms. The van der Waals surface area contributed by atoms with E-state index in [0.29, 0.717) is 5.76 Å². The first kappa shape index (κ1) is 20.6. The van der Waals surface area contributed by atoms with Crippen LogP contribution < -0.4 is 0 Å². The molecule has 1 aromatic carbocycles. The highest BCUT2D eigenvalue weighted by Gasteiger charge is 2.25. The summed E-state index contributed by atoms with van der Waals surface area (Å²) in [4.78, 5) is 37.1. The Morgan fingerprint density at radius 3 is 2.76 bits per heavy atom. The molecule has 0 radical (unpaired) electrons. The summed E-state index contributed by atoms with van der Waals surface area (Å²) in [5.41, 5.74) is 0.116. The van der Waals surface area contributed by atoms with Crippen molar-refractivity contribution >= 4 is 29.2 Å². The second kappa shape index (κ2) is 9.38. The van der Waals surface area contributed by atoms with Gasteiger partial charge >= 0.3 is 5.97 Å². The van der Waals surface area contributed by atoms with Crippen LogP contribution in [0.3, 0.4) is 0 Å². The fraction of sp³-hybridized carbons (Fsp3) is 0.300. The summed E-state index contributed by atoms with van der Waals surface area (Å²) in [5, 5.41) is 11.3. The molecular weight excluding hydrogens is 400 g/mol. The smallest absolute Gasteiger partial charge is 0.345 e. The van der Waals surface area contributed by atoms with Gasteiger partial charge in [-0.2, -0.15) is 0 Å². The van der Waals surface area contributed by atoms with Crippen LogP contribution in [0.15, 0.2) is 52.8 Å². The third-order valence-corrected chi connectivity index (χ3v) is 4.75. The molecule has 8 nitrogen and oxygen atoms in total. The fourth-order valence-electron chi connectivity index (χ4n) is 3.09. The van der Waals surface area contributed by atoms with Gasteiger partial charge in [0.05, 0.1) is 17.7 Å². The number of ether oxygens (including phenoxy) is 1. The molecule has 0 bridgehead atoms. The van der Waals surface area contributed by atoms with Crippen LogP contribution in [0, 0.1) is 10.1 Å². The third kappa shape index (κ3) is 5.23. The highest BCUT2D eigenvalue weighted by molar-refractivity contribution is 6.31. The van der Waals surface area contributed by atoms with E-state index in [0.717, 1.165) is 37.4 Å². The van der Waals surface area contributed by atoms with Crippen molar-refractivity contribution in [3.05, 3.63) is 74.8 Å². The van der Waals surface area contributed by atoms with Crippen molar-refractivity contribution in [2.45, 2.75) is 32.2 Å². The van der Waals surface area contributed by atoms with Crippen molar-refractivity contribution < 1.29 is 23.7 Å². The zero-order chi connectivity index (χ0) is 20.8. The topological polar surface area (TPSA) is 103 Å². The summed E-state index contributed by atoms with van der Waals surface area (Å²) >= 11 is 5.76. The number of hydrogen-bond donors (Lipinski definition) is 0. The zero-order valence-corrected chi connectivity index (χ0v) is 16.3. The Labute approximate surface area is 171 Å². The third-order valence-electron chi connectivity index (χ3n) is 4.51. The van der Waals surface area contributed by atoms with Crippen LogP contribution in [-0.2, 0) is 16.1 Å². The van der Waals surface area contributed by atoms with E-state index in [2.05, 4.69) is 0 Å². The summed E-state index contributed by atoms with van der Waals surface area (Å²) < 4.78 is 10.4. The summed E-state index contributed by atoms with van der Waals surface area (Å²) in [6.07, 6.45) is 7.15. The number of rotatable bonds is 7. The van der Waals surface area contributed by atoms with Gasteiger partial charge in [-0.15, -0.1) is 0 Å². The van der Waals surface area contributed by atoms with E-state index < -0.39 is 29.1 Å². The molecule has 1 heterocycles. The van der Waals surface area contributed by atoms with Gasteiger partial charge in [0.2, 0.25) is 0 Å². The molecule has 1 aromatic heterocycles. The monoisotopic (exact) mass is 418 g/mol. The standard InChI is InChI=1S/C20H19ClN2O6/c21-14-8-9-17(18(11-14)23(26)27)20(25)29-13-19(24)22(12-16-7-4-10-28-16)15-5-2-1-3-6-15/h4-5,7-11H,1-3,6,12-13H2. The van der Waals surface area contributed by atoms with E-state index in [1.54, 1.807) is 12.1 Å². The molecule has 0 fully saturated rings. The SMILES string of the molecule is O=C(OCC(=O)N(Cc1ccco1)C1=CCCCC1)c1ccc(Cl)cc1[N+](=O)[O-]. The first-order valence-corrected chi connectivity index (χ1v) is 9.46. The van der Waals surface area contributed by atoms with E-state index in [1.165, 1.54) is 23.3 Å². The number of furan rings is 1. The van der Waals surface area contributed by atoms with Crippen LogP contribution in [0.1, 0.15) is 41.8 Å². The number of benzene rings is 1. The lowest BCUT2D eigenvalue weighted by atomic mass is 10.0. The Morgan fingerprint density at radius 1 is 1.28 bits per heavy atom. The maximum Gasteiger partial charge on any atom is 0.345 e. The van der Waals surface area contributed by atoms with Crippen molar-refractivity contribution in [2.75, 3.05) is 6.61 Å². The number of carbonyl (C=O) groups is 2. The Bertz CT molecular complexity index is 938. The number of nitrogens with zero attached hydrogens (tertiary/aromatic N) is 2. The average molecular weight is 419 g/mol. The molecule has 0 saturated carbocycles. The quantitative estimate of drug-likeness (QED) is 0.373. The number of carbonyl (C=O) groups excluding carboxylic acids is 2. The molecule has 0 saturated heterocycles. The Balaban J connectivity index is 1.72. The molecule has 1 amide bonds. The average Bonchev–Trinajstić information content (AvgIpc) is 3.24. The summed E-state index contributed by atoms with van der Waals surface area (Å²) in [5.74, 6) is -0.790. The van der Waals surface area contributed by atoms with E-state index in [4.69, 9.17) is 20.8 Å². The van der Waals surface area contributed by atoms with Gasteiger partial charge in [-0.25, -0.2) is 4.79 Å². The van der Waals surface area contributed by atoms with E-state index >= 15 is 0 Å². The van der Waals surface area contributed by atoms with Gasteiger partial charge in [-0.1, -0.05) is 17.7 Å². The minimum absolute atomic E-state index is 0.123. The number of amides is 1.